The van der Waals surface area contributed by atoms with Crippen LogP contribution >= 0.6 is 0 Å². The SMILES string of the molecule is C\C=C/C=C\C=C/C(C)CC. The molecule has 0 heterocycles. The minimum absolute atomic E-state index is 0.699. The highest BCUT2D eigenvalue weighted by Crippen LogP contribution is 2.01. The lowest BCUT2D eigenvalue weighted by Gasteiger charge is -1.96. The first-order valence-corrected chi connectivity index (χ1v) is 4.27. The highest BCUT2D eigenvalue weighted by molar-refractivity contribution is 5.10. The van der Waals surface area contributed by atoms with Crippen molar-refractivity contribution in [1.82, 2.24) is 0 Å². The average molecular weight is 150 g/mol. The van der Waals surface area contributed by atoms with Gasteiger partial charge in [0.2, 0.25) is 0 Å². The molecule has 62 valence electrons. The molecule has 0 heteroatoms. The van der Waals surface area contributed by atoms with Gasteiger partial charge in [0.05, 0.1) is 0 Å². The standard InChI is InChI=1S/C11H18/c1-4-6-7-8-9-10-11(3)5-2/h4,6-11H,5H2,1-3H3/b6-4-,8-7-,10-9-. The first-order chi connectivity index (χ1) is 5.31. The van der Waals surface area contributed by atoms with Crippen molar-refractivity contribution < 1.29 is 0 Å². The fraction of sp³-hybridized carbons (Fsp3) is 0.455. The maximum absolute atomic E-state index is 2.22. The minimum Gasteiger partial charge on any atom is -0.0877 e. The first kappa shape index (κ1) is 10.2. The summed E-state index contributed by atoms with van der Waals surface area (Å²) in [6.45, 7) is 6.44. The molecule has 0 aromatic carbocycles. The summed E-state index contributed by atoms with van der Waals surface area (Å²) in [5.74, 6) is 0.699. The van der Waals surface area contributed by atoms with Crippen molar-refractivity contribution in [2.75, 3.05) is 0 Å². The Bertz CT molecular complexity index is 149. The van der Waals surface area contributed by atoms with Gasteiger partial charge in [-0.05, 0) is 12.8 Å². The Morgan fingerprint density at radius 1 is 1.09 bits per heavy atom. The average Bonchev–Trinajstić information content (AvgIpc) is 2.04. The smallest absolute Gasteiger partial charge is 0.0261 e. The van der Waals surface area contributed by atoms with Crippen LogP contribution in [0.4, 0.5) is 0 Å². The molecule has 1 unspecified atom stereocenters. The van der Waals surface area contributed by atoms with Gasteiger partial charge in [-0.3, -0.25) is 0 Å². The van der Waals surface area contributed by atoms with Gasteiger partial charge in [-0.15, -0.1) is 0 Å². The van der Waals surface area contributed by atoms with Crippen molar-refractivity contribution in [3.8, 4) is 0 Å². The molecule has 0 aliphatic carbocycles. The topological polar surface area (TPSA) is 0 Å². The molecule has 0 aromatic heterocycles. The van der Waals surface area contributed by atoms with Gasteiger partial charge in [0.25, 0.3) is 0 Å². The van der Waals surface area contributed by atoms with Gasteiger partial charge in [0, 0.05) is 0 Å². The summed E-state index contributed by atoms with van der Waals surface area (Å²) >= 11 is 0. The fourth-order valence-corrected chi connectivity index (χ4v) is 0.629. The minimum atomic E-state index is 0.699. The molecule has 1 atom stereocenters. The maximum Gasteiger partial charge on any atom is -0.0261 e. The third-order valence-corrected chi connectivity index (χ3v) is 1.61. The van der Waals surface area contributed by atoms with E-state index in [1.54, 1.807) is 0 Å². The number of hydrogen-bond acceptors (Lipinski definition) is 0. The third kappa shape index (κ3) is 7.11. The van der Waals surface area contributed by atoms with Crippen LogP contribution in [-0.2, 0) is 0 Å². The van der Waals surface area contributed by atoms with Crippen molar-refractivity contribution >= 4 is 0 Å². The molecule has 0 spiro atoms. The van der Waals surface area contributed by atoms with Gasteiger partial charge in [0.1, 0.15) is 0 Å². The summed E-state index contributed by atoms with van der Waals surface area (Å²) in [7, 11) is 0. The van der Waals surface area contributed by atoms with Crippen molar-refractivity contribution in [1.29, 1.82) is 0 Å². The van der Waals surface area contributed by atoms with E-state index in [1.807, 2.05) is 25.2 Å². The van der Waals surface area contributed by atoms with Crippen LogP contribution in [0.15, 0.2) is 36.5 Å². The third-order valence-electron chi connectivity index (χ3n) is 1.61. The van der Waals surface area contributed by atoms with Crippen molar-refractivity contribution in [3.05, 3.63) is 36.5 Å². The van der Waals surface area contributed by atoms with Crippen LogP contribution in [-0.4, -0.2) is 0 Å². The molecule has 0 fully saturated rings. The van der Waals surface area contributed by atoms with Gasteiger partial charge in [0.15, 0.2) is 0 Å². The monoisotopic (exact) mass is 150 g/mol. The van der Waals surface area contributed by atoms with E-state index in [0.717, 1.165) is 0 Å². The molecule has 0 amide bonds. The number of rotatable bonds is 4. The Kier molecular flexibility index (Phi) is 6.81. The van der Waals surface area contributed by atoms with E-state index in [1.165, 1.54) is 6.42 Å². The van der Waals surface area contributed by atoms with Crippen LogP contribution in [0.5, 0.6) is 0 Å². The zero-order valence-corrected chi connectivity index (χ0v) is 7.75. The summed E-state index contributed by atoms with van der Waals surface area (Å²) < 4.78 is 0. The van der Waals surface area contributed by atoms with Crippen LogP contribution < -0.4 is 0 Å². The van der Waals surface area contributed by atoms with Crippen molar-refractivity contribution in [2.45, 2.75) is 27.2 Å². The normalized spacial score (nSPS) is 15.5. The van der Waals surface area contributed by atoms with E-state index in [0.29, 0.717) is 5.92 Å². The zero-order valence-electron chi connectivity index (χ0n) is 7.75. The summed E-state index contributed by atoms with van der Waals surface area (Å²) in [5.41, 5.74) is 0. The van der Waals surface area contributed by atoms with Crippen LogP contribution in [0.3, 0.4) is 0 Å². The summed E-state index contributed by atoms with van der Waals surface area (Å²) in [4.78, 5) is 0. The van der Waals surface area contributed by atoms with Crippen molar-refractivity contribution in [2.24, 2.45) is 5.92 Å². The summed E-state index contributed by atoms with van der Waals surface area (Å²) in [5, 5.41) is 0. The Hall–Kier alpha value is -0.780. The molecule has 0 radical (unpaired) electrons. The molecule has 0 bridgehead atoms. The first-order valence-electron chi connectivity index (χ1n) is 4.27. The van der Waals surface area contributed by atoms with E-state index in [-0.39, 0.29) is 0 Å². The molecule has 0 saturated heterocycles. The van der Waals surface area contributed by atoms with E-state index in [4.69, 9.17) is 0 Å². The number of allylic oxidation sites excluding steroid dienone is 6. The second-order valence-electron chi connectivity index (χ2n) is 2.68. The molecule has 11 heavy (non-hydrogen) atoms. The van der Waals surface area contributed by atoms with Crippen LogP contribution in [0, 0.1) is 5.92 Å². The molecule has 0 saturated carbocycles. The zero-order chi connectivity index (χ0) is 8.53. The predicted octanol–water partition coefficient (Wildman–Crippen LogP) is 3.72. The lowest BCUT2D eigenvalue weighted by Crippen LogP contribution is -1.82. The van der Waals surface area contributed by atoms with E-state index < -0.39 is 0 Å². The van der Waals surface area contributed by atoms with Crippen LogP contribution in [0.25, 0.3) is 0 Å². The molecular weight excluding hydrogens is 132 g/mol. The molecule has 0 aromatic rings. The maximum atomic E-state index is 2.22. The summed E-state index contributed by atoms with van der Waals surface area (Å²) in [6, 6.07) is 0. The second-order valence-corrected chi connectivity index (χ2v) is 2.68. The van der Waals surface area contributed by atoms with Gasteiger partial charge < -0.3 is 0 Å². The predicted molar refractivity (Wildman–Crippen MR) is 52.5 cm³/mol. The van der Waals surface area contributed by atoms with Crippen LogP contribution in [0.1, 0.15) is 27.2 Å². The van der Waals surface area contributed by atoms with Gasteiger partial charge in [-0.25, -0.2) is 0 Å². The molecule has 0 aliphatic heterocycles. The van der Waals surface area contributed by atoms with Gasteiger partial charge >= 0.3 is 0 Å². The molecule has 0 aliphatic rings. The number of hydrogen-bond donors (Lipinski definition) is 0. The molecule has 0 nitrogen and oxygen atoms in total. The Morgan fingerprint density at radius 3 is 2.27 bits per heavy atom. The van der Waals surface area contributed by atoms with Crippen LogP contribution in [0.2, 0.25) is 0 Å². The van der Waals surface area contributed by atoms with Gasteiger partial charge in [-0.2, -0.15) is 0 Å². The van der Waals surface area contributed by atoms with Crippen molar-refractivity contribution in [3.63, 3.8) is 0 Å². The Morgan fingerprint density at radius 2 is 1.73 bits per heavy atom. The largest absolute Gasteiger partial charge is 0.0877 e. The summed E-state index contributed by atoms with van der Waals surface area (Å²) in [6.07, 6.45) is 13.7. The lowest BCUT2D eigenvalue weighted by molar-refractivity contribution is 0.698. The molecular formula is C11H18. The van der Waals surface area contributed by atoms with Gasteiger partial charge in [-0.1, -0.05) is 56.7 Å². The van der Waals surface area contributed by atoms with E-state index in [9.17, 15) is 0 Å². The highest BCUT2D eigenvalue weighted by Gasteiger charge is 1.86. The Labute approximate surface area is 70.3 Å². The molecule has 0 N–H and O–H groups in total. The molecule has 0 rings (SSSR count). The lowest BCUT2D eigenvalue weighted by atomic mass is 10.1. The highest BCUT2D eigenvalue weighted by atomic mass is 13.9. The second kappa shape index (κ2) is 7.33. The Balaban J connectivity index is 3.58. The fourth-order valence-electron chi connectivity index (χ4n) is 0.629. The van der Waals surface area contributed by atoms with E-state index in [2.05, 4.69) is 32.1 Å². The quantitative estimate of drug-likeness (QED) is 0.536. The van der Waals surface area contributed by atoms with E-state index >= 15 is 0 Å².